The molecule has 1 aromatic rings. The van der Waals surface area contributed by atoms with Crippen molar-refractivity contribution in [3.8, 4) is 5.75 Å². The third kappa shape index (κ3) is 2.54. The molecule has 1 heterocycles. The number of nitrogens with zero attached hydrogens (tertiary/aromatic N) is 1. The van der Waals surface area contributed by atoms with Gasteiger partial charge in [0.15, 0.2) is 5.25 Å². The second-order valence-corrected chi connectivity index (χ2v) is 6.44. The summed E-state index contributed by atoms with van der Waals surface area (Å²) in [7, 11) is -4.69. The topological polar surface area (TPSA) is 46.6 Å². The second kappa shape index (κ2) is 4.80. The van der Waals surface area contributed by atoms with E-state index in [9.17, 15) is 26.0 Å². The van der Waals surface area contributed by atoms with Gasteiger partial charge in [-0.05, 0) is 19.1 Å². The average Bonchev–Trinajstić information content (AvgIpc) is 2.35. The van der Waals surface area contributed by atoms with Crippen LogP contribution in [0.25, 0.3) is 0 Å². The van der Waals surface area contributed by atoms with E-state index in [4.69, 9.17) is 4.74 Å². The number of rotatable bonds is 2. The maximum atomic E-state index is 13.2. The molecule has 0 amide bonds. The van der Waals surface area contributed by atoms with E-state index in [1.165, 1.54) is 6.07 Å². The first-order valence-electron chi connectivity index (χ1n) is 5.64. The normalized spacial score (nSPS) is 17.4. The number of hydrogen-bond donors (Lipinski definition) is 0. The maximum absolute atomic E-state index is 13.2. The zero-order valence-corrected chi connectivity index (χ0v) is 11.1. The summed E-state index contributed by atoms with van der Waals surface area (Å²) in [4.78, 5) is 0. The van der Waals surface area contributed by atoms with Crippen LogP contribution in [-0.4, -0.2) is 33.0 Å². The van der Waals surface area contributed by atoms with E-state index >= 15 is 0 Å². The lowest BCUT2D eigenvalue weighted by molar-refractivity contribution is -0.126. The minimum absolute atomic E-state index is 0.0376. The molecule has 1 aliphatic rings. The maximum Gasteiger partial charge on any atom is 0.407 e. The highest BCUT2D eigenvalue weighted by atomic mass is 32.2. The van der Waals surface area contributed by atoms with E-state index in [1.807, 2.05) is 0 Å². The molecular weight excluding hydrogens is 302 g/mol. The molecule has 1 atom stereocenters. The molecular formula is C11H11F4NO3S. The lowest BCUT2D eigenvalue weighted by atomic mass is 10.2. The van der Waals surface area contributed by atoms with E-state index in [0.29, 0.717) is 11.2 Å². The van der Waals surface area contributed by atoms with Crippen LogP contribution in [0.5, 0.6) is 5.75 Å². The molecule has 112 valence electrons. The van der Waals surface area contributed by atoms with Gasteiger partial charge in [0, 0.05) is 6.07 Å². The number of halogens is 4. The van der Waals surface area contributed by atoms with Crippen molar-refractivity contribution in [3.63, 3.8) is 0 Å². The number of sulfonamides is 1. The Labute approximate surface area is 113 Å². The minimum atomic E-state index is -4.90. The Bertz CT molecular complexity index is 615. The van der Waals surface area contributed by atoms with Gasteiger partial charge in [-0.3, -0.25) is 4.31 Å². The van der Waals surface area contributed by atoms with Crippen LogP contribution in [0.3, 0.4) is 0 Å². The van der Waals surface area contributed by atoms with Gasteiger partial charge in [-0.2, -0.15) is 13.2 Å². The quantitative estimate of drug-likeness (QED) is 0.787. The molecule has 0 bridgehead atoms. The van der Waals surface area contributed by atoms with Crippen molar-refractivity contribution < 1.29 is 30.7 Å². The summed E-state index contributed by atoms with van der Waals surface area (Å²) in [6, 6.07) is 3.07. The molecule has 9 heteroatoms. The fraction of sp³-hybridized carbons (Fsp3) is 0.455. The zero-order valence-electron chi connectivity index (χ0n) is 10.3. The van der Waals surface area contributed by atoms with E-state index in [1.54, 1.807) is 0 Å². The molecule has 0 spiro atoms. The molecule has 0 aromatic heterocycles. The van der Waals surface area contributed by atoms with Gasteiger partial charge in [-0.15, -0.1) is 0 Å². The number of benzene rings is 1. The standard InChI is InChI=1S/C11H11F4NO3S/c1-7(11(13,14)15)20(17,18)16-4-5-19-10-3-2-8(12)6-9(10)16/h2-3,6-7H,4-5H2,1H3/t7-/m0/s1. The van der Waals surface area contributed by atoms with Crippen molar-refractivity contribution in [1.29, 1.82) is 0 Å². The van der Waals surface area contributed by atoms with Crippen LogP contribution in [0.15, 0.2) is 18.2 Å². The van der Waals surface area contributed by atoms with Gasteiger partial charge in [0.05, 0.1) is 12.2 Å². The minimum Gasteiger partial charge on any atom is -0.489 e. The van der Waals surface area contributed by atoms with E-state index in [-0.39, 0.29) is 24.6 Å². The predicted molar refractivity (Wildman–Crippen MR) is 63.7 cm³/mol. The highest BCUT2D eigenvalue weighted by Gasteiger charge is 2.48. The summed E-state index contributed by atoms with van der Waals surface area (Å²) in [5, 5.41) is -2.58. The van der Waals surface area contributed by atoms with Crippen molar-refractivity contribution >= 4 is 15.7 Å². The first-order chi connectivity index (χ1) is 9.14. The first-order valence-corrected chi connectivity index (χ1v) is 7.15. The monoisotopic (exact) mass is 313 g/mol. The van der Waals surface area contributed by atoms with Crippen LogP contribution in [-0.2, 0) is 10.0 Å². The number of alkyl halides is 3. The molecule has 0 N–H and O–H groups in total. The molecule has 0 radical (unpaired) electrons. The summed E-state index contributed by atoms with van der Waals surface area (Å²) in [6.45, 7) is 0.172. The molecule has 4 nitrogen and oxygen atoms in total. The smallest absolute Gasteiger partial charge is 0.407 e. The Morgan fingerprint density at radius 3 is 2.60 bits per heavy atom. The van der Waals surface area contributed by atoms with Gasteiger partial charge >= 0.3 is 6.18 Å². The summed E-state index contributed by atoms with van der Waals surface area (Å²) < 4.78 is 80.9. The van der Waals surface area contributed by atoms with E-state index < -0.39 is 27.3 Å². The third-order valence-corrected chi connectivity index (χ3v) is 5.11. The highest BCUT2D eigenvalue weighted by molar-refractivity contribution is 7.93. The van der Waals surface area contributed by atoms with Crippen LogP contribution >= 0.6 is 0 Å². The van der Waals surface area contributed by atoms with Crippen molar-refractivity contribution in [3.05, 3.63) is 24.0 Å². The SMILES string of the molecule is C[C@@H](C(F)(F)F)S(=O)(=O)N1CCOc2ccc(F)cc21. The third-order valence-electron chi connectivity index (χ3n) is 2.96. The lowest BCUT2D eigenvalue weighted by Crippen LogP contribution is -2.47. The highest BCUT2D eigenvalue weighted by Crippen LogP contribution is 2.37. The summed E-state index contributed by atoms with van der Waals surface area (Å²) in [6.07, 6.45) is -4.90. The number of hydrogen-bond acceptors (Lipinski definition) is 3. The van der Waals surface area contributed by atoms with Gasteiger partial charge in [-0.1, -0.05) is 0 Å². The Hall–Kier alpha value is -1.51. The fourth-order valence-electron chi connectivity index (χ4n) is 1.79. The van der Waals surface area contributed by atoms with E-state index in [2.05, 4.69) is 0 Å². The number of anilines is 1. The molecule has 2 rings (SSSR count). The van der Waals surface area contributed by atoms with Gasteiger partial charge in [0.25, 0.3) is 0 Å². The number of fused-ring (bicyclic) bond motifs is 1. The van der Waals surface area contributed by atoms with Crippen molar-refractivity contribution in [1.82, 2.24) is 0 Å². The van der Waals surface area contributed by atoms with Crippen LogP contribution < -0.4 is 9.04 Å². The van der Waals surface area contributed by atoms with Crippen LogP contribution in [0.2, 0.25) is 0 Å². The van der Waals surface area contributed by atoms with Crippen LogP contribution in [0.1, 0.15) is 6.92 Å². The van der Waals surface area contributed by atoms with Gasteiger partial charge in [0.2, 0.25) is 10.0 Å². The molecule has 1 aliphatic heterocycles. The Balaban J connectivity index is 2.48. The van der Waals surface area contributed by atoms with Crippen molar-refractivity contribution in [2.24, 2.45) is 0 Å². The summed E-state index contributed by atoms with van der Waals surface area (Å²) in [5.74, 6) is -0.718. The van der Waals surface area contributed by atoms with Gasteiger partial charge in [-0.25, -0.2) is 12.8 Å². The van der Waals surface area contributed by atoms with Gasteiger partial charge in [0.1, 0.15) is 18.2 Å². The molecule has 20 heavy (non-hydrogen) atoms. The summed E-state index contributed by atoms with van der Waals surface area (Å²) in [5.41, 5.74) is -0.215. The lowest BCUT2D eigenvalue weighted by Gasteiger charge is -2.32. The van der Waals surface area contributed by atoms with Gasteiger partial charge < -0.3 is 4.74 Å². The molecule has 0 aliphatic carbocycles. The fourth-order valence-corrected chi connectivity index (χ4v) is 3.26. The average molecular weight is 313 g/mol. The van der Waals surface area contributed by atoms with E-state index in [0.717, 1.165) is 12.1 Å². The summed E-state index contributed by atoms with van der Waals surface area (Å²) >= 11 is 0. The Morgan fingerprint density at radius 1 is 1.35 bits per heavy atom. The van der Waals surface area contributed by atoms with Crippen LogP contribution in [0, 0.1) is 5.82 Å². The molecule has 0 fully saturated rings. The zero-order chi connectivity index (χ0) is 15.1. The molecule has 1 aromatic carbocycles. The first kappa shape index (κ1) is 14.9. The molecule has 0 unspecified atom stereocenters. The van der Waals surface area contributed by atoms with Crippen LogP contribution in [0.4, 0.5) is 23.2 Å². The predicted octanol–water partition coefficient (Wildman–Crippen LogP) is 2.31. The second-order valence-electron chi connectivity index (χ2n) is 4.26. The molecule has 0 saturated carbocycles. The van der Waals surface area contributed by atoms with Crippen molar-refractivity contribution in [2.45, 2.75) is 18.3 Å². The Morgan fingerprint density at radius 2 is 2.00 bits per heavy atom. The Kier molecular flexibility index (Phi) is 3.57. The molecule has 0 saturated heterocycles. The number of ether oxygens (including phenoxy) is 1. The van der Waals surface area contributed by atoms with Crippen molar-refractivity contribution in [2.75, 3.05) is 17.5 Å². The largest absolute Gasteiger partial charge is 0.489 e.